The minimum Gasteiger partial charge on any atom is -0.388 e. The molecule has 0 aliphatic carbocycles. The molecule has 186 valence electrons. The van der Waals surface area contributed by atoms with Gasteiger partial charge in [0.15, 0.2) is 0 Å². The van der Waals surface area contributed by atoms with Crippen molar-refractivity contribution in [1.29, 1.82) is 0 Å². The van der Waals surface area contributed by atoms with Gasteiger partial charge in [-0.15, -0.1) is 23.4 Å². The van der Waals surface area contributed by atoms with Gasteiger partial charge in [0.05, 0.1) is 17.5 Å². The number of fused-ring (bicyclic) bond motifs is 1. The third-order valence-electron chi connectivity index (χ3n) is 6.95. The molecule has 3 saturated heterocycles. The Morgan fingerprint density at radius 3 is 2.56 bits per heavy atom. The molecule has 5 N–H and O–H groups in total. The molecule has 2 unspecified atom stereocenters. The van der Waals surface area contributed by atoms with E-state index in [0.29, 0.717) is 18.4 Å². The highest BCUT2D eigenvalue weighted by Gasteiger charge is 2.49. The maximum Gasteiger partial charge on any atom is 0.240 e. The molecule has 1 amide bonds. The Balaban J connectivity index is 1.68. The van der Waals surface area contributed by atoms with Gasteiger partial charge in [-0.1, -0.05) is 13.8 Å². The summed E-state index contributed by atoms with van der Waals surface area (Å²) in [7, 11) is 0. The third-order valence-corrected chi connectivity index (χ3v) is 8.08. The molecular weight excluding hydrogens is 456 g/mol. The van der Waals surface area contributed by atoms with E-state index in [1.807, 2.05) is 0 Å². The van der Waals surface area contributed by atoms with Crippen LogP contribution in [0.4, 0.5) is 0 Å². The molecule has 0 aromatic rings. The molecule has 3 rings (SSSR count). The Morgan fingerprint density at radius 2 is 1.94 bits per heavy atom. The van der Waals surface area contributed by atoms with E-state index in [4.69, 9.17) is 21.1 Å². The van der Waals surface area contributed by atoms with Crippen LogP contribution in [0.2, 0.25) is 0 Å². The number of aliphatic hydroxyl groups is 3. The molecule has 10 heteroatoms. The Labute approximate surface area is 200 Å². The molecular formula is C22H39ClN2O6S. The third kappa shape index (κ3) is 5.92. The second kappa shape index (κ2) is 11.5. The van der Waals surface area contributed by atoms with Crippen molar-refractivity contribution in [2.24, 2.45) is 17.8 Å². The topological polar surface area (TPSA) is 120 Å². The monoisotopic (exact) mass is 494 g/mol. The van der Waals surface area contributed by atoms with Crippen LogP contribution in [0.3, 0.4) is 0 Å². The van der Waals surface area contributed by atoms with Crippen molar-refractivity contribution in [1.82, 2.24) is 10.6 Å². The van der Waals surface area contributed by atoms with E-state index in [1.165, 1.54) is 11.8 Å². The Kier molecular flexibility index (Phi) is 9.54. The maximum absolute atomic E-state index is 13.3. The molecule has 0 spiro atoms. The summed E-state index contributed by atoms with van der Waals surface area (Å²) in [4.78, 5) is 13.3. The van der Waals surface area contributed by atoms with Gasteiger partial charge in [0.25, 0.3) is 0 Å². The van der Waals surface area contributed by atoms with Crippen molar-refractivity contribution in [2.75, 3.05) is 19.4 Å². The zero-order valence-corrected chi connectivity index (χ0v) is 20.9. The normalized spacial score (nSPS) is 42.2. The van der Waals surface area contributed by atoms with E-state index in [9.17, 15) is 20.1 Å². The quantitative estimate of drug-likeness (QED) is 0.328. The molecule has 0 bridgehead atoms. The lowest BCUT2D eigenvalue weighted by Gasteiger charge is -2.44. The van der Waals surface area contributed by atoms with Gasteiger partial charge in [0.1, 0.15) is 35.9 Å². The number of hydrogen-bond acceptors (Lipinski definition) is 8. The minimum absolute atomic E-state index is 0.206. The van der Waals surface area contributed by atoms with Crippen LogP contribution in [0, 0.1) is 17.8 Å². The van der Waals surface area contributed by atoms with E-state index in [1.54, 1.807) is 13.2 Å². The zero-order chi connectivity index (χ0) is 23.6. The summed E-state index contributed by atoms with van der Waals surface area (Å²) in [6.45, 7) is 7.54. The van der Waals surface area contributed by atoms with Gasteiger partial charge in [-0.05, 0) is 50.2 Å². The standard InChI is InChI=1S/C22H39ClN2O6S/c1-10(2)7-12-5-6-30-19-13(8-12)9-24-15(19)21(29)25-14(11(3)23)20-17(27)16(26)18(28)22(31-20)32-4/h10-20,22,24,26-28H,5-9H2,1-4H3,(H,25,29)/t11-,12-,13-,14+,15-,16+,17?,18+,19+,20-,22?/m0/s1. The molecule has 3 heterocycles. The molecule has 0 aromatic carbocycles. The van der Waals surface area contributed by atoms with E-state index in [-0.39, 0.29) is 17.9 Å². The fourth-order valence-electron chi connectivity index (χ4n) is 5.35. The van der Waals surface area contributed by atoms with E-state index in [0.717, 1.165) is 25.8 Å². The molecule has 3 aliphatic heterocycles. The van der Waals surface area contributed by atoms with Crippen molar-refractivity contribution in [2.45, 2.75) is 93.5 Å². The first kappa shape index (κ1) is 26.5. The number of carbonyl (C=O) groups excluding carboxylic acids is 1. The Morgan fingerprint density at radius 1 is 1.22 bits per heavy atom. The van der Waals surface area contributed by atoms with E-state index >= 15 is 0 Å². The van der Waals surface area contributed by atoms with Crippen LogP contribution in [0.15, 0.2) is 0 Å². The van der Waals surface area contributed by atoms with E-state index < -0.39 is 47.3 Å². The van der Waals surface area contributed by atoms with Crippen molar-refractivity contribution < 1.29 is 29.6 Å². The average Bonchev–Trinajstić information content (AvgIpc) is 3.02. The highest BCUT2D eigenvalue weighted by Crippen LogP contribution is 2.34. The van der Waals surface area contributed by atoms with E-state index in [2.05, 4.69) is 24.5 Å². The summed E-state index contributed by atoms with van der Waals surface area (Å²) in [6, 6.07) is -1.26. The van der Waals surface area contributed by atoms with Gasteiger partial charge < -0.3 is 35.4 Å². The highest BCUT2D eigenvalue weighted by atomic mass is 35.5. The number of rotatable bonds is 7. The number of hydrogen-bond donors (Lipinski definition) is 5. The first-order valence-corrected chi connectivity index (χ1v) is 13.4. The number of amides is 1. The van der Waals surface area contributed by atoms with Crippen LogP contribution in [-0.4, -0.2) is 94.1 Å². The van der Waals surface area contributed by atoms with Crippen LogP contribution >= 0.6 is 23.4 Å². The number of halogens is 1. The number of nitrogens with one attached hydrogen (secondary N) is 2. The summed E-state index contributed by atoms with van der Waals surface area (Å²) >= 11 is 7.62. The van der Waals surface area contributed by atoms with Gasteiger partial charge in [-0.2, -0.15) is 0 Å². The SMILES string of the molecule is CSC1O[C@@H]([C@H](NC(=O)[C@H]2NC[C@@H]3C[C@H](CC(C)C)CCO[C@H]32)[C@H](C)Cl)C(O)[C@@H](O)[C@H]1O. The molecule has 0 saturated carbocycles. The van der Waals surface area contributed by atoms with Crippen LogP contribution in [0.25, 0.3) is 0 Å². The largest absolute Gasteiger partial charge is 0.388 e. The Bertz CT molecular complexity index is 627. The summed E-state index contributed by atoms with van der Waals surface area (Å²) in [5, 5.41) is 36.6. The molecule has 32 heavy (non-hydrogen) atoms. The fraction of sp³-hybridized carbons (Fsp3) is 0.955. The van der Waals surface area contributed by atoms with Crippen molar-refractivity contribution in [3.8, 4) is 0 Å². The lowest BCUT2D eigenvalue weighted by atomic mass is 9.85. The first-order valence-electron chi connectivity index (χ1n) is 11.7. The van der Waals surface area contributed by atoms with Crippen LogP contribution in [-0.2, 0) is 14.3 Å². The minimum atomic E-state index is -1.39. The highest BCUT2D eigenvalue weighted by molar-refractivity contribution is 7.99. The summed E-state index contributed by atoms with van der Waals surface area (Å²) in [6.07, 6.45) is -0.199. The molecule has 0 aromatic heterocycles. The number of carbonyl (C=O) groups is 1. The summed E-state index contributed by atoms with van der Waals surface area (Å²) < 4.78 is 12.0. The van der Waals surface area contributed by atoms with Gasteiger partial charge in [-0.25, -0.2) is 0 Å². The molecule has 8 nitrogen and oxygen atoms in total. The number of alkyl halides is 1. The van der Waals surface area contributed by atoms with Crippen molar-refractivity contribution in [3.05, 3.63) is 0 Å². The van der Waals surface area contributed by atoms with Gasteiger partial charge >= 0.3 is 0 Å². The maximum atomic E-state index is 13.3. The van der Waals surface area contributed by atoms with Gasteiger partial charge in [0.2, 0.25) is 5.91 Å². The molecule has 3 aliphatic rings. The van der Waals surface area contributed by atoms with Gasteiger partial charge in [0, 0.05) is 13.2 Å². The Hall–Kier alpha value is -0.130. The van der Waals surface area contributed by atoms with Crippen LogP contribution in [0.1, 0.15) is 40.0 Å². The molecule has 0 radical (unpaired) electrons. The smallest absolute Gasteiger partial charge is 0.240 e. The predicted molar refractivity (Wildman–Crippen MR) is 125 cm³/mol. The second-order valence-electron chi connectivity index (χ2n) is 9.89. The number of aliphatic hydroxyl groups excluding tert-OH is 3. The molecule has 3 fully saturated rings. The summed E-state index contributed by atoms with van der Waals surface area (Å²) in [5.74, 6) is 1.26. The zero-order valence-electron chi connectivity index (χ0n) is 19.3. The molecule has 11 atom stereocenters. The lowest BCUT2D eigenvalue weighted by molar-refractivity contribution is -0.205. The van der Waals surface area contributed by atoms with Crippen LogP contribution < -0.4 is 10.6 Å². The first-order chi connectivity index (χ1) is 15.1. The average molecular weight is 495 g/mol. The fourth-order valence-corrected chi connectivity index (χ4v) is 6.24. The summed E-state index contributed by atoms with van der Waals surface area (Å²) in [5.41, 5.74) is -0.731. The van der Waals surface area contributed by atoms with Crippen molar-refractivity contribution in [3.63, 3.8) is 0 Å². The number of thioether (sulfide) groups is 1. The second-order valence-corrected chi connectivity index (χ2v) is 11.5. The van der Waals surface area contributed by atoms with Crippen LogP contribution in [0.5, 0.6) is 0 Å². The predicted octanol–water partition coefficient (Wildman–Crippen LogP) is 0.698. The number of ether oxygens (including phenoxy) is 2. The van der Waals surface area contributed by atoms with Gasteiger partial charge in [-0.3, -0.25) is 4.79 Å². The van der Waals surface area contributed by atoms with Crippen molar-refractivity contribution >= 4 is 29.3 Å². The lowest BCUT2D eigenvalue weighted by Crippen LogP contribution is -2.65.